The van der Waals surface area contributed by atoms with Gasteiger partial charge in [0.1, 0.15) is 11.4 Å². The van der Waals surface area contributed by atoms with Gasteiger partial charge in [-0.25, -0.2) is 9.78 Å². The van der Waals surface area contributed by atoms with Crippen molar-refractivity contribution in [1.82, 2.24) is 25.0 Å². The zero-order valence-electron chi connectivity index (χ0n) is 15.4. The van der Waals surface area contributed by atoms with Crippen molar-refractivity contribution in [2.75, 3.05) is 25.0 Å². The Morgan fingerprint density at radius 3 is 2.96 bits per heavy atom. The summed E-state index contributed by atoms with van der Waals surface area (Å²) in [6.07, 6.45) is 5.37. The van der Waals surface area contributed by atoms with Crippen LogP contribution in [0.2, 0.25) is 0 Å². The lowest BCUT2D eigenvalue weighted by Crippen LogP contribution is -2.52. The highest BCUT2D eigenvalue weighted by molar-refractivity contribution is 5.91. The molecule has 1 fully saturated rings. The van der Waals surface area contributed by atoms with Crippen molar-refractivity contribution in [3.05, 3.63) is 48.7 Å². The SMILES string of the molecule is CCOc1ccccc1NC(=O)N1CC(Cc2nc(-c3cnccn3)no2)C1. The van der Waals surface area contributed by atoms with E-state index in [4.69, 9.17) is 9.26 Å². The first-order valence-corrected chi connectivity index (χ1v) is 9.09. The number of hydrogen-bond donors (Lipinski definition) is 1. The average Bonchev–Trinajstić information content (AvgIpc) is 3.15. The standard InChI is InChI=1S/C19H20N6O3/c1-2-27-16-6-4-3-5-14(16)22-19(26)25-11-13(12-25)9-17-23-18(24-28-17)15-10-20-7-8-21-15/h3-8,10,13H,2,9,11-12H2,1H3,(H,22,26). The zero-order chi connectivity index (χ0) is 19.3. The summed E-state index contributed by atoms with van der Waals surface area (Å²) in [6, 6.07) is 7.25. The first kappa shape index (κ1) is 17.9. The minimum atomic E-state index is -0.144. The number of aromatic nitrogens is 4. The van der Waals surface area contributed by atoms with Gasteiger partial charge >= 0.3 is 6.03 Å². The van der Waals surface area contributed by atoms with Crippen LogP contribution in [0.4, 0.5) is 10.5 Å². The monoisotopic (exact) mass is 380 g/mol. The van der Waals surface area contributed by atoms with Gasteiger partial charge in [0.15, 0.2) is 0 Å². The summed E-state index contributed by atoms with van der Waals surface area (Å²) < 4.78 is 10.8. The van der Waals surface area contributed by atoms with Crippen molar-refractivity contribution >= 4 is 11.7 Å². The Balaban J connectivity index is 1.29. The van der Waals surface area contributed by atoms with E-state index < -0.39 is 0 Å². The first-order chi connectivity index (χ1) is 13.7. The molecule has 1 aliphatic rings. The zero-order valence-corrected chi connectivity index (χ0v) is 15.4. The summed E-state index contributed by atoms with van der Waals surface area (Å²) in [5.74, 6) is 1.90. The smallest absolute Gasteiger partial charge is 0.321 e. The third kappa shape index (κ3) is 3.93. The number of likely N-dealkylation sites (tertiary alicyclic amines) is 1. The molecule has 0 spiro atoms. The summed E-state index contributed by atoms with van der Waals surface area (Å²) in [6.45, 7) is 3.71. The highest BCUT2D eigenvalue weighted by Crippen LogP contribution is 2.26. The molecule has 1 saturated heterocycles. The van der Waals surface area contributed by atoms with Crippen LogP contribution in [-0.2, 0) is 6.42 Å². The molecule has 1 aliphatic heterocycles. The Hall–Kier alpha value is -3.49. The van der Waals surface area contributed by atoms with Crippen molar-refractivity contribution < 1.29 is 14.1 Å². The molecule has 2 amide bonds. The summed E-state index contributed by atoms with van der Waals surface area (Å²) in [5, 5.41) is 6.84. The van der Waals surface area contributed by atoms with Gasteiger partial charge in [0, 0.05) is 37.8 Å². The molecule has 1 aromatic carbocycles. The fourth-order valence-corrected chi connectivity index (χ4v) is 3.01. The van der Waals surface area contributed by atoms with Crippen molar-refractivity contribution in [3.63, 3.8) is 0 Å². The van der Waals surface area contributed by atoms with Crippen molar-refractivity contribution in [2.24, 2.45) is 5.92 Å². The molecule has 144 valence electrons. The maximum atomic E-state index is 12.4. The maximum absolute atomic E-state index is 12.4. The number of amides is 2. The van der Waals surface area contributed by atoms with Gasteiger partial charge in [-0.3, -0.25) is 4.98 Å². The van der Waals surface area contributed by atoms with Crippen LogP contribution < -0.4 is 10.1 Å². The second-order valence-electron chi connectivity index (χ2n) is 6.44. The molecular weight excluding hydrogens is 360 g/mol. The highest BCUT2D eigenvalue weighted by Gasteiger charge is 2.32. The molecule has 2 aromatic heterocycles. The first-order valence-electron chi connectivity index (χ1n) is 9.09. The second-order valence-corrected chi connectivity index (χ2v) is 6.44. The Kier molecular flexibility index (Phi) is 5.14. The fraction of sp³-hybridized carbons (Fsp3) is 0.316. The van der Waals surface area contributed by atoms with Crippen LogP contribution in [0.1, 0.15) is 12.8 Å². The number of nitrogens with one attached hydrogen (secondary N) is 1. The Bertz CT molecular complexity index is 940. The van der Waals surface area contributed by atoms with Gasteiger partial charge in [0.05, 0.1) is 18.5 Å². The predicted molar refractivity (Wildman–Crippen MR) is 101 cm³/mol. The number of urea groups is 1. The summed E-state index contributed by atoms with van der Waals surface area (Å²) in [5.41, 5.74) is 1.24. The number of nitrogens with zero attached hydrogens (tertiary/aromatic N) is 5. The molecule has 1 N–H and O–H groups in total. The van der Waals surface area contributed by atoms with Gasteiger partial charge in [0.2, 0.25) is 11.7 Å². The molecule has 4 rings (SSSR count). The van der Waals surface area contributed by atoms with E-state index >= 15 is 0 Å². The number of rotatable bonds is 6. The van der Waals surface area contributed by atoms with E-state index in [0.717, 1.165) is 0 Å². The highest BCUT2D eigenvalue weighted by atomic mass is 16.5. The van der Waals surface area contributed by atoms with E-state index in [1.54, 1.807) is 23.5 Å². The van der Waals surface area contributed by atoms with Gasteiger partial charge < -0.3 is 19.5 Å². The fourth-order valence-electron chi connectivity index (χ4n) is 3.01. The number of carbonyl (C=O) groups excluding carboxylic acids is 1. The summed E-state index contributed by atoms with van der Waals surface area (Å²) in [7, 11) is 0. The Morgan fingerprint density at radius 2 is 2.18 bits per heavy atom. The van der Waals surface area contributed by atoms with Crippen molar-refractivity contribution in [2.45, 2.75) is 13.3 Å². The van der Waals surface area contributed by atoms with Gasteiger partial charge in [-0.15, -0.1) is 0 Å². The molecule has 3 aromatic rings. The normalized spacial score (nSPS) is 13.8. The van der Waals surface area contributed by atoms with Gasteiger partial charge in [-0.05, 0) is 19.1 Å². The van der Waals surface area contributed by atoms with Crippen LogP contribution in [0.15, 0.2) is 47.4 Å². The minimum absolute atomic E-state index is 0.144. The van der Waals surface area contributed by atoms with E-state index in [9.17, 15) is 4.79 Å². The molecule has 0 saturated carbocycles. The van der Waals surface area contributed by atoms with Crippen LogP contribution in [-0.4, -0.2) is 50.7 Å². The topological polar surface area (TPSA) is 106 Å². The van der Waals surface area contributed by atoms with Crippen molar-refractivity contribution in [3.8, 4) is 17.3 Å². The van der Waals surface area contributed by atoms with E-state index in [-0.39, 0.29) is 11.9 Å². The molecule has 9 heteroatoms. The summed E-state index contributed by atoms with van der Waals surface area (Å²) in [4.78, 5) is 26.7. The Labute approximate surface area is 161 Å². The maximum Gasteiger partial charge on any atom is 0.321 e. The van der Waals surface area contributed by atoms with Gasteiger partial charge in [0.25, 0.3) is 0 Å². The quantitative estimate of drug-likeness (QED) is 0.700. The molecule has 0 bridgehead atoms. The lowest BCUT2D eigenvalue weighted by Gasteiger charge is -2.38. The van der Waals surface area contributed by atoms with E-state index in [2.05, 4.69) is 25.4 Å². The number of para-hydroxylation sites is 2. The average molecular weight is 380 g/mol. The molecule has 28 heavy (non-hydrogen) atoms. The summed E-state index contributed by atoms with van der Waals surface area (Å²) >= 11 is 0. The van der Waals surface area contributed by atoms with Gasteiger partial charge in [-0.2, -0.15) is 4.98 Å². The molecular formula is C19H20N6O3. The third-order valence-corrected chi connectivity index (χ3v) is 4.40. The van der Waals surface area contributed by atoms with E-state index in [0.29, 0.717) is 55.0 Å². The number of carbonyl (C=O) groups is 1. The van der Waals surface area contributed by atoms with E-state index in [1.807, 2.05) is 31.2 Å². The number of anilines is 1. The van der Waals surface area contributed by atoms with Crippen molar-refractivity contribution in [1.29, 1.82) is 0 Å². The van der Waals surface area contributed by atoms with Crippen LogP contribution in [0, 0.1) is 5.92 Å². The largest absolute Gasteiger partial charge is 0.492 e. The third-order valence-electron chi connectivity index (χ3n) is 4.40. The molecule has 0 aliphatic carbocycles. The van der Waals surface area contributed by atoms with E-state index in [1.165, 1.54) is 0 Å². The van der Waals surface area contributed by atoms with Crippen LogP contribution >= 0.6 is 0 Å². The number of ether oxygens (including phenoxy) is 1. The van der Waals surface area contributed by atoms with Crippen LogP contribution in [0.25, 0.3) is 11.5 Å². The molecule has 3 heterocycles. The van der Waals surface area contributed by atoms with Gasteiger partial charge in [-0.1, -0.05) is 17.3 Å². The lowest BCUT2D eigenvalue weighted by molar-refractivity contribution is 0.125. The minimum Gasteiger partial charge on any atom is -0.492 e. The van der Waals surface area contributed by atoms with Crippen LogP contribution in [0.5, 0.6) is 5.75 Å². The number of hydrogen-bond acceptors (Lipinski definition) is 7. The molecule has 0 atom stereocenters. The lowest BCUT2D eigenvalue weighted by atomic mass is 9.97. The van der Waals surface area contributed by atoms with Crippen LogP contribution in [0.3, 0.4) is 0 Å². The molecule has 0 radical (unpaired) electrons. The molecule has 0 unspecified atom stereocenters. The number of benzene rings is 1. The predicted octanol–water partition coefficient (Wildman–Crippen LogP) is 2.63. The Morgan fingerprint density at radius 1 is 1.32 bits per heavy atom. The second kappa shape index (κ2) is 8.03. The molecule has 9 nitrogen and oxygen atoms in total.